The Morgan fingerprint density at radius 1 is 1.24 bits per heavy atom. The molecule has 1 heterocycles. The molecule has 1 aliphatic heterocycles. The molecule has 0 aliphatic carbocycles. The van der Waals surface area contributed by atoms with Crippen LogP contribution in [0.1, 0.15) is 34.0 Å². The molecule has 0 fully saturated rings. The number of fused-ring (bicyclic) bond motifs is 1. The van der Waals surface area contributed by atoms with Crippen LogP contribution in [0.4, 0.5) is 4.39 Å². The normalized spacial score (nSPS) is 17.1. The van der Waals surface area contributed by atoms with Crippen LogP contribution in [-0.2, 0) is 0 Å². The zero-order valence-corrected chi connectivity index (χ0v) is 11.9. The zero-order valence-electron chi connectivity index (χ0n) is 11.9. The van der Waals surface area contributed by atoms with E-state index >= 15 is 0 Å². The fourth-order valence-electron chi connectivity index (χ4n) is 2.48. The minimum Gasteiger partial charge on any atom is -0.497 e. The predicted octanol–water partition coefficient (Wildman–Crippen LogP) is 3.85. The van der Waals surface area contributed by atoms with Gasteiger partial charge in [0.1, 0.15) is 23.4 Å². The van der Waals surface area contributed by atoms with E-state index in [0.717, 1.165) is 5.56 Å². The molecule has 2 aromatic rings. The van der Waals surface area contributed by atoms with Crippen molar-refractivity contribution in [2.45, 2.75) is 19.4 Å². The summed E-state index contributed by atoms with van der Waals surface area (Å²) in [5.74, 6) is 0.906. The van der Waals surface area contributed by atoms with Crippen molar-refractivity contribution in [2.24, 2.45) is 0 Å². The van der Waals surface area contributed by atoms with E-state index in [1.165, 1.54) is 6.07 Å². The van der Waals surface area contributed by atoms with E-state index in [1.807, 2.05) is 0 Å². The molecule has 0 spiro atoms. The number of halogens is 1. The predicted molar refractivity (Wildman–Crippen MR) is 76.4 cm³/mol. The maximum atomic E-state index is 13.4. The Balaban J connectivity index is 1.96. The largest absolute Gasteiger partial charge is 0.497 e. The number of methoxy groups -OCH3 is 1. The third kappa shape index (κ3) is 2.49. The van der Waals surface area contributed by atoms with E-state index in [0.29, 0.717) is 22.6 Å². The van der Waals surface area contributed by atoms with E-state index in [1.54, 1.807) is 44.4 Å². The molecule has 3 rings (SSSR count). The Hall–Kier alpha value is -2.36. The van der Waals surface area contributed by atoms with Crippen LogP contribution in [0.15, 0.2) is 36.4 Å². The molecule has 3 nitrogen and oxygen atoms in total. The summed E-state index contributed by atoms with van der Waals surface area (Å²) in [6, 6.07) is 9.93. The number of hydrogen-bond acceptors (Lipinski definition) is 3. The topological polar surface area (TPSA) is 35.5 Å². The SMILES string of the molecule is COc1ccc2c(c1)OC(c1ccc(F)c(C)c1)CC2=O. The van der Waals surface area contributed by atoms with Crippen molar-refractivity contribution in [3.05, 3.63) is 58.9 Å². The summed E-state index contributed by atoms with van der Waals surface area (Å²) >= 11 is 0. The van der Waals surface area contributed by atoms with Crippen molar-refractivity contribution in [1.82, 2.24) is 0 Å². The summed E-state index contributed by atoms with van der Waals surface area (Å²) in [6.07, 6.45) is -0.138. The molecule has 2 aromatic carbocycles. The molecular formula is C17H15FO3. The van der Waals surface area contributed by atoms with Gasteiger partial charge in [-0.1, -0.05) is 6.07 Å². The van der Waals surface area contributed by atoms with Gasteiger partial charge in [-0.05, 0) is 42.3 Å². The van der Waals surface area contributed by atoms with Crippen LogP contribution in [0.5, 0.6) is 11.5 Å². The minimum atomic E-state index is -0.392. The molecule has 0 aromatic heterocycles. The van der Waals surface area contributed by atoms with E-state index in [2.05, 4.69) is 0 Å². The quantitative estimate of drug-likeness (QED) is 0.841. The molecule has 4 heteroatoms. The lowest BCUT2D eigenvalue weighted by Crippen LogP contribution is -2.20. The van der Waals surface area contributed by atoms with Gasteiger partial charge in [-0.3, -0.25) is 4.79 Å². The van der Waals surface area contributed by atoms with Crippen molar-refractivity contribution >= 4 is 5.78 Å². The molecule has 1 aliphatic rings. The number of ether oxygens (including phenoxy) is 2. The Morgan fingerprint density at radius 3 is 2.76 bits per heavy atom. The lowest BCUT2D eigenvalue weighted by Gasteiger charge is -2.26. The van der Waals surface area contributed by atoms with Gasteiger partial charge in [-0.25, -0.2) is 4.39 Å². The zero-order chi connectivity index (χ0) is 15.0. The number of aryl methyl sites for hydroxylation is 1. The molecule has 1 unspecified atom stereocenters. The van der Waals surface area contributed by atoms with Crippen molar-refractivity contribution in [3.63, 3.8) is 0 Å². The third-order valence-corrected chi connectivity index (χ3v) is 3.68. The van der Waals surface area contributed by atoms with Crippen LogP contribution < -0.4 is 9.47 Å². The molecule has 1 atom stereocenters. The fourth-order valence-corrected chi connectivity index (χ4v) is 2.48. The first-order valence-corrected chi connectivity index (χ1v) is 6.72. The second kappa shape index (κ2) is 5.20. The maximum Gasteiger partial charge on any atom is 0.170 e. The standard InChI is InChI=1S/C17H15FO3/c1-10-7-11(3-6-14(10)18)16-9-15(19)13-5-4-12(20-2)8-17(13)21-16/h3-8,16H,9H2,1-2H3. The highest BCUT2D eigenvalue weighted by Crippen LogP contribution is 2.37. The van der Waals surface area contributed by atoms with Crippen molar-refractivity contribution in [3.8, 4) is 11.5 Å². The monoisotopic (exact) mass is 286 g/mol. The summed E-state index contributed by atoms with van der Waals surface area (Å²) in [4.78, 5) is 12.2. The fraction of sp³-hybridized carbons (Fsp3) is 0.235. The lowest BCUT2D eigenvalue weighted by molar-refractivity contribution is 0.0849. The Labute approximate surface area is 122 Å². The molecule has 21 heavy (non-hydrogen) atoms. The average molecular weight is 286 g/mol. The summed E-state index contributed by atoms with van der Waals surface area (Å²) in [5.41, 5.74) is 1.90. The van der Waals surface area contributed by atoms with Crippen LogP contribution in [0.2, 0.25) is 0 Å². The summed E-state index contributed by atoms with van der Waals surface area (Å²) in [5, 5.41) is 0. The molecule has 108 valence electrons. The summed E-state index contributed by atoms with van der Waals surface area (Å²) in [7, 11) is 1.56. The van der Waals surface area contributed by atoms with Crippen molar-refractivity contribution < 1.29 is 18.7 Å². The third-order valence-electron chi connectivity index (χ3n) is 3.68. The number of hydrogen-bond donors (Lipinski definition) is 0. The van der Waals surface area contributed by atoms with Gasteiger partial charge in [0.25, 0.3) is 0 Å². The number of Topliss-reactive ketones (excluding diaryl/α,β-unsaturated/α-hetero) is 1. The Morgan fingerprint density at radius 2 is 2.05 bits per heavy atom. The first kappa shape index (κ1) is 13.6. The van der Waals surface area contributed by atoms with Gasteiger partial charge in [-0.2, -0.15) is 0 Å². The van der Waals surface area contributed by atoms with E-state index in [4.69, 9.17) is 9.47 Å². The van der Waals surface area contributed by atoms with Crippen molar-refractivity contribution in [1.29, 1.82) is 0 Å². The Bertz CT molecular complexity index is 709. The smallest absolute Gasteiger partial charge is 0.170 e. The van der Waals surface area contributed by atoms with Crippen LogP contribution in [0.3, 0.4) is 0 Å². The second-order valence-corrected chi connectivity index (χ2v) is 5.10. The lowest BCUT2D eigenvalue weighted by atomic mass is 9.95. The van der Waals surface area contributed by atoms with Gasteiger partial charge in [0, 0.05) is 6.07 Å². The molecule has 0 saturated heterocycles. The highest BCUT2D eigenvalue weighted by Gasteiger charge is 2.28. The highest BCUT2D eigenvalue weighted by atomic mass is 19.1. The molecule has 0 saturated carbocycles. The van der Waals surface area contributed by atoms with Crippen LogP contribution in [0.25, 0.3) is 0 Å². The molecule has 0 N–H and O–H groups in total. The first-order chi connectivity index (χ1) is 10.1. The van der Waals surface area contributed by atoms with Crippen LogP contribution >= 0.6 is 0 Å². The first-order valence-electron chi connectivity index (χ1n) is 6.72. The van der Waals surface area contributed by atoms with Crippen molar-refractivity contribution in [2.75, 3.05) is 7.11 Å². The highest BCUT2D eigenvalue weighted by molar-refractivity contribution is 6.00. The number of ketones is 1. The summed E-state index contributed by atoms with van der Waals surface area (Å²) in [6.45, 7) is 1.69. The average Bonchev–Trinajstić information content (AvgIpc) is 2.49. The van der Waals surface area contributed by atoms with Gasteiger partial charge in [0.2, 0.25) is 0 Å². The number of carbonyl (C=O) groups is 1. The number of benzene rings is 2. The molecule has 0 amide bonds. The van der Waals surface area contributed by atoms with E-state index in [-0.39, 0.29) is 18.0 Å². The van der Waals surface area contributed by atoms with Gasteiger partial charge < -0.3 is 9.47 Å². The minimum absolute atomic E-state index is 0.0193. The van der Waals surface area contributed by atoms with E-state index in [9.17, 15) is 9.18 Å². The maximum absolute atomic E-state index is 13.4. The number of rotatable bonds is 2. The van der Waals surface area contributed by atoms with Gasteiger partial charge in [0.05, 0.1) is 19.1 Å². The Kier molecular flexibility index (Phi) is 3.37. The summed E-state index contributed by atoms with van der Waals surface area (Å²) < 4.78 is 24.4. The van der Waals surface area contributed by atoms with Gasteiger partial charge >= 0.3 is 0 Å². The van der Waals surface area contributed by atoms with Gasteiger partial charge in [0.15, 0.2) is 5.78 Å². The van der Waals surface area contributed by atoms with Gasteiger partial charge in [-0.15, -0.1) is 0 Å². The van der Waals surface area contributed by atoms with Crippen LogP contribution in [0, 0.1) is 12.7 Å². The van der Waals surface area contributed by atoms with E-state index < -0.39 is 6.10 Å². The molecular weight excluding hydrogens is 271 g/mol. The molecule has 0 bridgehead atoms. The molecule has 0 radical (unpaired) electrons. The second-order valence-electron chi connectivity index (χ2n) is 5.10. The number of carbonyl (C=O) groups excluding carboxylic acids is 1. The van der Waals surface area contributed by atoms with Crippen LogP contribution in [-0.4, -0.2) is 12.9 Å².